The number of hydrogen-bond acceptors (Lipinski definition) is 3. The maximum absolute atomic E-state index is 10.6. The van der Waals surface area contributed by atoms with Crippen LogP contribution in [0.2, 0.25) is 0 Å². The third kappa shape index (κ3) is 2.25. The molecule has 1 aliphatic carbocycles. The molecule has 0 bridgehead atoms. The van der Waals surface area contributed by atoms with Gasteiger partial charge in [0, 0.05) is 19.4 Å². The summed E-state index contributed by atoms with van der Waals surface area (Å²) in [6.45, 7) is 6.72. The Hall–Kier alpha value is -1.06. The van der Waals surface area contributed by atoms with Crippen molar-refractivity contribution in [2.75, 3.05) is 13.7 Å². The summed E-state index contributed by atoms with van der Waals surface area (Å²) in [5.41, 5.74) is 2.43. The van der Waals surface area contributed by atoms with E-state index < -0.39 is 5.60 Å². The Kier molecular flexibility index (Phi) is 3.64. The van der Waals surface area contributed by atoms with Crippen molar-refractivity contribution in [3.8, 4) is 5.75 Å². The van der Waals surface area contributed by atoms with Crippen LogP contribution in [-0.4, -0.2) is 24.9 Å². The summed E-state index contributed by atoms with van der Waals surface area (Å²) >= 11 is 0. The average Bonchev–Trinajstić information content (AvgIpc) is 2.29. The fourth-order valence-corrected chi connectivity index (χ4v) is 2.78. The van der Waals surface area contributed by atoms with Gasteiger partial charge in [0.05, 0.1) is 18.8 Å². The molecule has 0 heterocycles. The predicted octanol–water partition coefficient (Wildman–Crippen LogP) is 2.70. The lowest BCUT2D eigenvalue weighted by atomic mass is 9.71. The fraction of sp³-hybridized carbons (Fsp3) is 0.600. The Bertz CT molecular complexity index is 434. The maximum atomic E-state index is 10.6. The van der Waals surface area contributed by atoms with Gasteiger partial charge >= 0.3 is 0 Å². The van der Waals surface area contributed by atoms with Gasteiger partial charge in [0.15, 0.2) is 0 Å². The Morgan fingerprint density at radius 2 is 1.94 bits per heavy atom. The molecular formula is C15H22O3. The molecule has 0 aliphatic heterocycles. The normalized spacial score (nSPS) is 26.8. The van der Waals surface area contributed by atoms with Gasteiger partial charge in [-0.05, 0) is 49.6 Å². The van der Waals surface area contributed by atoms with Gasteiger partial charge in [-0.15, -0.1) is 0 Å². The van der Waals surface area contributed by atoms with Crippen LogP contribution in [0, 0.1) is 13.8 Å². The number of ether oxygens (including phenoxy) is 2. The van der Waals surface area contributed by atoms with Crippen molar-refractivity contribution in [2.24, 2.45) is 0 Å². The van der Waals surface area contributed by atoms with E-state index in [2.05, 4.69) is 0 Å². The molecule has 3 heteroatoms. The number of rotatable bonds is 4. The van der Waals surface area contributed by atoms with Crippen LogP contribution >= 0.6 is 0 Å². The summed E-state index contributed by atoms with van der Waals surface area (Å²) in [4.78, 5) is 0. The van der Waals surface area contributed by atoms with Gasteiger partial charge in [-0.2, -0.15) is 0 Å². The third-order valence-corrected chi connectivity index (χ3v) is 3.78. The number of aryl methyl sites for hydroxylation is 2. The molecule has 0 radical (unpaired) electrons. The SMILES string of the molecule is CCOC1CC(O)(c2cc(C)c(OC)cc2C)C1. The van der Waals surface area contributed by atoms with Gasteiger partial charge in [-0.3, -0.25) is 0 Å². The van der Waals surface area contributed by atoms with Crippen molar-refractivity contribution in [3.05, 3.63) is 28.8 Å². The lowest BCUT2D eigenvalue weighted by molar-refractivity contribution is -0.143. The second-order valence-electron chi connectivity index (χ2n) is 5.15. The first-order valence-corrected chi connectivity index (χ1v) is 6.50. The van der Waals surface area contributed by atoms with Crippen LogP contribution in [-0.2, 0) is 10.3 Å². The first-order chi connectivity index (χ1) is 8.50. The molecule has 3 nitrogen and oxygen atoms in total. The number of methoxy groups -OCH3 is 1. The molecule has 1 saturated carbocycles. The van der Waals surface area contributed by atoms with Crippen LogP contribution in [0.25, 0.3) is 0 Å². The number of hydrogen-bond donors (Lipinski definition) is 1. The van der Waals surface area contributed by atoms with Crippen LogP contribution in [0.5, 0.6) is 5.75 Å². The van der Waals surface area contributed by atoms with E-state index in [0.29, 0.717) is 19.4 Å². The molecule has 100 valence electrons. The Balaban J connectivity index is 2.22. The molecule has 0 amide bonds. The standard InChI is InChI=1S/C15H22O3/c1-5-18-12-8-15(16,9-12)13-6-11(3)14(17-4)7-10(13)2/h6-7,12,16H,5,8-9H2,1-4H3. The lowest BCUT2D eigenvalue weighted by Crippen LogP contribution is -2.46. The summed E-state index contributed by atoms with van der Waals surface area (Å²) < 4.78 is 10.8. The van der Waals surface area contributed by atoms with Crippen molar-refractivity contribution in [1.82, 2.24) is 0 Å². The van der Waals surface area contributed by atoms with Gasteiger partial charge in [0.1, 0.15) is 5.75 Å². The van der Waals surface area contributed by atoms with E-state index in [0.717, 1.165) is 22.4 Å². The van der Waals surface area contributed by atoms with Crippen molar-refractivity contribution < 1.29 is 14.6 Å². The molecular weight excluding hydrogens is 228 g/mol. The van der Waals surface area contributed by atoms with Crippen LogP contribution in [0.15, 0.2) is 12.1 Å². The number of benzene rings is 1. The third-order valence-electron chi connectivity index (χ3n) is 3.78. The zero-order chi connectivity index (χ0) is 13.3. The largest absolute Gasteiger partial charge is 0.496 e. The van der Waals surface area contributed by atoms with Crippen LogP contribution in [0.4, 0.5) is 0 Å². The molecule has 0 spiro atoms. The summed E-state index contributed by atoms with van der Waals surface area (Å²) in [6.07, 6.45) is 1.57. The van der Waals surface area contributed by atoms with Crippen molar-refractivity contribution >= 4 is 0 Å². The highest BCUT2D eigenvalue weighted by Crippen LogP contribution is 2.45. The summed E-state index contributed by atoms with van der Waals surface area (Å²) in [6, 6.07) is 4.03. The zero-order valence-electron chi connectivity index (χ0n) is 11.6. The van der Waals surface area contributed by atoms with Gasteiger partial charge in [0.25, 0.3) is 0 Å². The fourth-order valence-electron chi connectivity index (χ4n) is 2.78. The molecule has 0 saturated heterocycles. The molecule has 2 rings (SSSR count). The van der Waals surface area contributed by atoms with E-state index in [1.807, 2.05) is 32.9 Å². The van der Waals surface area contributed by atoms with Gasteiger partial charge in [0.2, 0.25) is 0 Å². The van der Waals surface area contributed by atoms with Gasteiger partial charge in [-0.25, -0.2) is 0 Å². The average molecular weight is 250 g/mol. The van der Waals surface area contributed by atoms with Crippen LogP contribution in [0.1, 0.15) is 36.5 Å². The number of aliphatic hydroxyl groups is 1. The monoisotopic (exact) mass is 250 g/mol. The van der Waals surface area contributed by atoms with E-state index in [4.69, 9.17) is 9.47 Å². The maximum Gasteiger partial charge on any atom is 0.122 e. The van der Waals surface area contributed by atoms with E-state index in [-0.39, 0.29) is 6.10 Å². The Morgan fingerprint density at radius 1 is 1.28 bits per heavy atom. The highest BCUT2D eigenvalue weighted by molar-refractivity contribution is 5.44. The highest BCUT2D eigenvalue weighted by atomic mass is 16.5. The quantitative estimate of drug-likeness (QED) is 0.893. The van der Waals surface area contributed by atoms with E-state index in [1.54, 1.807) is 7.11 Å². The molecule has 0 aromatic heterocycles. The zero-order valence-corrected chi connectivity index (χ0v) is 11.6. The first-order valence-electron chi connectivity index (χ1n) is 6.50. The summed E-state index contributed by atoms with van der Waals surface area (Å²) in [5.74, 6) is 0.875. The molecule has 0 unspecified atom stereocenters. The van der Waals surface area contributed by atoms with Gasteiger partial charge < -0.3 is 14.6 Å². The van der Waals surface area contributed by atoms with E-state index in [9.17, 15) is 5.11 Å². The minimum Gasteiger partial charge on any atom is -0.496 e. The van der Waals surface area contributed by atoms with E-state index >= 15 is 0 Å². The smallest absolute Gasteiger partial charge is 0.122 e. The molecule has 0 atom stereocenters. The molecule has 1 fully saturated rings. The molecule has 1 aromatic carbocycles. The van der Waals surface area contributed by atoms with Crippen molar-refractivity contribution in [2.45, 2.75) is 45.3 Å². The second-order valence-corrected chi connectivity index (χ2v) is 5.15. The molecule has 1 aromatic rings. The minimum absolute atomic E-state index is 0.196. The Labute approximate surface area is 109 Å². The molecule has 1 aliphatic rings. The predicted molar refractivity (Wildman–Crippen MR) is 71.0 cm³/mol. The second kappa shape index (κ2) is 4.90. The van der Waals surface area contributed by atoms with Crippen LogP contribution in [0.3, 0.4) is 0 Å². The highest BCUT2D eigenvalue weighted by Gasteiger charge is 2.45. The lowest BCUT2D eigenvalue weighted by Gasteiger charge is -2.44. The summed E-state index contributed by atoms with van der Waals surface area (Å²) in [5, 5.41) is 10.6. The van der Waals surface area contributed by atoms with Crippen molar-refractivity contribution in [3.63, 3.8) is 0 Å². The molecule has 18 heavy (non-hydrogen) atoms. The van der Waals surface area contributed by atoms with E-state index in [1.165, 1.54) is 0 Å². The van der Waals surface area contributed by atoms with Crippen molar-refractivity contribution in [1.29, 1.82) is 0 Å². The first kappa shape index (κ1) is 13.4. The topological polar surface area (TPSA) is 38.7 Å². The van der Waals surface area contributed by atoms with Crippen LogP contribution < -0.4 is 4.74 Å². The summed E-state index contributed by atoms with van der Waals surface area (Å²) in [7, 11) is 1.67. The minimum atomic E-state index is -0.721. The molecule has 1 N–H and O–H groups in total. The van der Waals surface area contributed by atoms with Gasteiger partial charge in [-0.1, -0.05) is 0 Å². The Morgan fingerprint density at radius 3 is 2.50 bits per heavy atom.